The van der Waals surface area contributed by atoms with E-state index in [0.29, 0.717) is 11.8 Å². The molecule has 0 radical (unpaired) electrons. The Morgan fingerprint density at radius 2 is 1.79 bits per heavy atom. The van der Waals surface area contributed by atoms with Crippen LogP contribution >= 0.6 is 0 Å². The molecule has 19 heavy (non-hydrogen) atoms. The Morgan fingerprint density at radius 3 is 2.37 bits per heavy atom. The second-order valence-electron chi connectivity index (χ2n) is 3.74. The number of benzene rings is 2. The van der Waals surface area contributed by atoms with Crippen LogP contribution in [0.3, 0.4) is 0 Å². The van der Waals surface area contributed by atoms with Gasteiger partial charge in [-0.2, -0.15) is 8.78 Å². The lowest BCUT2D eigenvalue weighted by Gasteiger charge is -2.13. The van der Waals surface area contributed by atoms with Gasteiger partial charge in [-0.3, -0.25) is 4.79 Å². The van der Waals surface area contributed by atoms with Crippen molar-refractivity contribution in [1.82, 2.24) is 0 Å². The van der Waals surface area contributed by atoms with Gasteiger partial charge in [-0.1, -0.05) is 30.3 Å². The number of halogens is 2. The van der Waals surface area contributed by atoms with Crippen molar-refractivity contribution < 1.29 is 23.4 Å². The van der Waals surface area contributed by atoms with Gasteiger partial charge in [0.2, 0.25) is 0 Å². The number of phenolic OH excluding ortho intramolecular Hbond substituents is 1. The average molecular weight is 264 g/mol. The van der Waals surface area contributed by atoms with Crippen molar-refractivity contribution in [3.05, 3.63) is 48.0 Å². The zero-order valence-electron chi connectivity index (χ0n) is 9.72. The third-order valence-corrected chi connectivity index (χ3v) is 2.58. The lowest BCUT2D eigenvalue weighted by molar-refractivity contribution is -0.0495. The molecule has 1 N–H and O–H groups in total. The standard InChI is InChI=1S/C14H10F2O3/c15-14(16)19-11-7-6-10(8-17)13(18)12(11)9-4-2-1-3-5-9/h1-8,14,18H. The predicted molar refractivity (Wildman–Crippen MR) is 65.6 cm³/mol. The van der Waals surface area contributed by atoms with Crippen LogP contribution in [0.1, 0.15) is 10.4 Å². The molecule has 0 fully saturated rings. The normalized spacial score (nSPS) is 10.5. The van der Waals surface area contributed by atoms with Crippen LogP contribution in [0.4, 0.5) is 8.78 Å². The maximum atomic E-state index is 12.4. The van der Waals surface area contributed by atoms with Crippen molar-refractivity contribution in [3.63, 3.8) is 0 Å². The molecule has 0 amide bonds. The van der Waals surface area contributed by atoms with Crippen LogP contribution in [0, 0.1) is 0 Å². The highest BCUT2D eigenvalue weighted by molar-refractivity contribution is 5.88. The number of hydrogen-bond acceptors (Lipinski definition) is 3. The van der Waals surface area contributed by atoms with Crippen molar-refractivity contribution in [2.45, 2.75) is 6.61 Å². The first-order valence-electron chi connectivity index (χ1n) is 5.45. The number of aromatic hydroxyl groups is 1. The lowest BCUT2D eigenvalue weighted by atomic mass is 10.0. The van der Waals surface area contributed by atoms with Crippen LogP contribution in [-0.2, 0) is 0 Å². The maximum Gasteiger partial charge on any atom is 0.387 e. The summed E-state index contributed by atoms with van der Waals surface area (Å²) in [5, 5.41) is 9.98. The van der Waals surface area contributed by atoms with Gasteiger partial charge in [0.1, 0.15) is 11.5 Å². The van der Waals surface area contributed by atoms with E-state index >= 15 is 0 Å². The molecule has 0 atom stereocenters. The third kappa shape index (κ3) is 2.70. The molecule has 0 spiro atoms. The van der Waals surface area contributed by atoms with Crippen LogP contribution in [-0.4, -0.2) is 18.0 Å². The van der Waals surface area contributed by atoms with Crippen molar-refractivity contribution >= 4 is 6.29 Å². The first-order valence-corrected chi connectivity index (χ1v) is 5.45. The molecule has 0 aliphatic rings. The van der Waals surface area contributed by atoms with Gasteiger partial charge in [-0.05, 0) is 17.7 Å². The van der Waals surface area contributed by atoms with Gasteiger partial charge in [-0.25, -0.2) is 0 Å². The molecular formula is C14H10F2O3. The van der Waals surface area contributed by atoms with Crippen LogP contribution in [0.25, 0.3) is 11.1 Å². The maximum absolute atomic E-state index is 12.4. The molecule has 0 bridgehead atoms. The average Bonchev–Trinajstić information content (AvgIpc) is 2.39. The van der Waals surface area contributed by atoms with E-state index in [-0.39, 0.29) is 22.6 Å². The number of phenols is 1. The van der Waals surface area contributed by atoms with Crippen LogP contribution < -0.4 is 4.74 Å². The predicted octanol–water partition coefficient (Wildman–Crippen LogP) is 3.47. The zero-order chi connectivity index (χ0) is 13.8. The number of alkyl halides is 2. The van der Waals surface area contributed by atoms with E-state index < -0.39 is 6.61 Å². The third-order valence-electron chi connectivity index (χ3n) is 2.58. The van der Waals surface area contributed by atoms with Crippen LogP contribution in [0.5, 0.6) is 11.5 Å². The van der Waals surface area contributed by atoms with Gasteiger partial charge < -0.3 is 9.84 Å². The summed E-state index contributed by atoms with van der Waals surface area (Å²) in [4.78, 5) is 10.8. The van der Waals surface area contributed by atoms with Gasteiger partial charge in [0, 0.05) is 0 Å². The molecule has 2 aromatic carbocycles. The number of hydrogen-bond donors (Lipinski definition) is 1. The summed E-state index contributed by atoms with van der Waals surface area (Å²) in [6.45, 7) is -3.01. The highest BCUT2D eigenvalue weighted by Crippen LogP contribution is 2.40. The number of carbonyl (C=O) groups excluding carboxylic acids is 1. The Labute approximate surface area is 108 Å². The summed E-state index contributed by atoms with van der Waals surface area (Å²) in [6.07, 6.45) is 0.452. The van der Waals surface area contributed by atoms with Crippen molar-refractivity contribution in [3.8, 4) is 22.6 Å². The van der Waals surface area contributed by atoms with Gasteiger partial charge in [0.15, 0.2) is 6.29 Å². The first-order chi connectivity index (χ1) is 9.13. The Bertz CT molecular complexity index is 583. The first kappa shape index (κ1) is 13.0. The van der Waals surface area contributed by atoms with E-state index in [4.69, 9.17) is 0 Å². The number of carbonyl (C=O) groups is 1. The molecule has 0 saturated heterocycles. The molecule has 0 unspecified atom stereocenters. The molecule has 3 nitrogen and oxygen atoms in total. The summed E-state index contributed by atoms with van der Waals surface area (Å²) in [7, 11) is 0. The second-order valence-corrected chi connectivity index (χ2v) is 3.74. The molecular weight excluding hydrogens is 254 g/mol. The summed E-state index contributed by atoms with van der Waals surface area (Å²) < 4.78 is 29.1. The van der Waals surface area contributed by atoms with Gasteiger partial charge in [-0.15, -0.1) is 0 Å². The molecule has 98 valence electrons. The second kappa shape index (κ2) is 5.48. The van der Waals surface area contributed by atoms with Gasteiger partial charge in [0.25, 0.3) is 0 Å². The molecule has 2 aromatic rings. The van der Waals surface area contributed by atoms with E-state index in [2.05, 4.69) is 4.74 Å². The summed E-state index contributed by atoms with van der Waals surface area (Å²) in [5.41, 5.74) is 0.574. The minimum absolute atomic E-state index is 0.0143. The van der Waals surface area contributed by atoms with E-state index in [9.17, 15) is 18.7 Å². The molecule has 0 aromatic heterocycles. The number of aldehydes is 1. The number of rotatable bonds is 4. The topological polar surface area (TPSA) is 46.5 Å². The van der Waals surface area contributed by atoms with E-state index in [1.807, 2.05) is 0 Å². The summed E-state index contributed by atoms with van der Waals surface area (Å²) in [6, 6.07) is 10.8. The fourth-order valence-corrected chi connectivity index (χ4v) is 1.76. The van der Waals surface area contributed by atoms with E-state index in [1.165, 1.54) is 12.1 Å². The summed E-state index contributed by atoms with van der Waals surface area (Å²) >= 11 is 0. The van der Waals surface area contributed by atoms with Gasteiger partial charge in [0.05, 0.1) is 11.1 Å². The van der Waals surface area contributed by atoms with Crippen LogP contribution in [0.2, 0.25) is 0 Å². The Hall–Kier alpha value is -2.43. The lowest BCUT2D eigenvalue weighted by Crippen LogP contribution is -2.04. The fourth-order valence-electron chi connectivity index (χ4n) is 1.76. The fraction of sp³-hybridized carbons (Fsp3) is 0.0714. The quantitative estimate of drug-likeness (QED) is 0.860. The minimum Gasteiger partial charge on any atom is -0.506 e. The molecule has 0 aliphatic carbocycles. The summed E-state index contributed by atoms with van der Waals surface area (Å²) in [5.74, 6) is -0.552. The smallest absolute Gasteiger partial charge is 0.387 e. The Balaban J connectivity index is 2.63. The zero-order valence-corrected chi connectivity index (χ0v) is 9.72. The monoisotopic (exact) mass is 264 g/mol. The largest absolute Gasteiger partial charge is 0.506 e. The molecule has 0 heterocycles. The molecule has 0 saturated carbocycles. The molecule has 2 rings (SSSR count). The highest BCUT2D eigenvalue weighted by atomic mass is 19.3. The van der Waals surface area contributed by atoms with Crippen molar-refractivity contribution in [2.75, 3.05) is 0 Å². The molecule has 0 aliphatic heterocycles. The van der Waals surface area contributed by atoms with Crippen molar-refractivity contribution in [2.24, 2.45) is 0 Å². The van der Waals surface area contributed by atoms with Crippen LogP contribution in [0.15, 0.2) is 42.5 Å². The molecule has 5 heteroatoms. The Morgan fingerprint density at radius 1 is 1.11 bits per heavy atom. The minimum atomic E-state index is -3.01. The van der Waals surface area contributed by atoms with Gasteiger partial charge >= 0.3 is 6.61 Å². The SMILES string of the molecule is O=Cc1ccc(OC(F)F)c(-c2ccccc2)c1O. The van der Waals surface area contributed by atoms with Crippen molar-refractivity contribution in [1.29, 1.82) is 0 Å². The van der Waals surface area contributed by atoms with E-state index in [0.717, 1.165) is 0 Å². The van der Waals surface area contributed by atoms with E-state index in [1.54, 1.807) is 30.3 Å². The Kier molecular flexibility index (Phi) is 3.75. The highest BCUT2D eigenvalue weighted by Gasteiger charge is 2.17. The number of ether oxygens (including phenoxy) is 1.